The van der Waals surface area contributed by atoms with Gasteiger partial charge in [0.15, 0.2) is 0 Å². The van der Waals surface area contributed by atoms with E-state index in [0.29, 0.717) is 80.5 Å². The van der Waals surface area contributed by atoms with Crippen LogP contribution in [0.1, 0.15) is 16.5 Å². The van der Waals surface area contributed by atoms with Crippen LogP contribution in [0.4, 0.5) is 0 Å². The molecule has 12 aromatic heterocycles. The van der Waals surface area contributed by atoms with E-state index < -0.39 is 0 Å². The van der Waals surface area contributed by atoms with E-state index in [-0.39, 0.29) is 24.2 Å². The molecule has 33 aromatic rings. The molecule has 0 aliphatic heterocycles. The van der Waals surface area contributed by atoms with Crippen molar-refractivity contribution in [2.24, 2.45) is 0 Å². The van der Waals surface area contributed by atoms with Crippen LogP contribution in [0.2, 0.25) is 0 Å². The van der Waals surface area contributed by atoms with Gasteiger partial charge in [0.2, 0.25) is 17.8 Å². The third-order valence-corrected chi connectivity index (χ3v) is 29.1. The molecular formula is C127H74N12. The van der Waals surface area contributed by atoms with Gasteiger partial charge in [0.25, 0.3) is 0 Å². The SMILES string of the molecule is [2H]c1cc2c3cccc4c5ccccc5n(c5c([2H])c(C)c([2H])c6c5c2c(c1[2H])n6-c1nc(-c2ccccc2)c2ccc5ccccc5c2n1)c34.[2H]c1ccc2c3cccc4c5ccccc5n(c5ccc([2H])c6c5c2c1n6-c1nc(-c2ccccc2)c2ccc5ccccc5c2n1)c34.[2H]c1cccc2c1c1c([2H])ccc3c4cccc5c4c4c(cccc4n2c31)n5-c1nc(-c2ccccc2)c2ccc3ccccc3c2n1. The third-order valence-electron chi connectivity index (χ3n) is 29.1. The zero-order valence-corrected chi connectivity index (χ0v) is 74.2. The first-order chi connectivity index (χ1) is 72.3. The summed E-state index contributed by atoms with van der Waals surface area (Å²) < 4.78 is 87.4. The van der Waals surface area contributed by atoms with Gasteiger partial charge in [0.05, 0.1) is 127 Å². The Bertz CT molecular complexity index is 11600. The Hall–Kier alpha value is -18.8. The van der Waals surface area contributed by atoms with Crippen LogP contribution in [-0.4, -0.2) is 56.8 Å². The molecule has 642 valence electrons. The highest BCUT2D eigenvalue weighted by Gasteiger charge is 2.30. The lowest BCUT2D eigenvalue weighted by Gasteiger charge is -2.14. The van der Waals surface area contributed by atoms with Crippen molar-refractivity contribution in [1.29, 1.82) is 0 Å². The fourth-order valence-electron chi connectivity index (χ4n) is 23.4. The second kappa shape index (κ2) is 28.6. The summed E-state index contributed by atoms with van der Waals surface area (Å²) in [6, 6.07) is 132. The van der Waals surface area contributed by atoms with E-state index in [1.165, 1.54) is 10.8 Å². The van der Waals surface area contributed by atoms with Crippen molar-refractivity contribution in [1.82, 2.24) is 56.8 Å². The quantitative estimate of drug-likeness (QED) is 0.154. The molecule has 0 unspecified atom stereocenters. The summed E-state index contributed by atoms with van der Waals surface area (Å²) in [6.07, 6.45) is 0. The van der Waals surface area contributed by atoms with Gasteiger partial charge < -0.3 is 13.2 Å². The van der Waals surface area contributed by atoms with E-state index in [1.807, 2.05) is 143 Å². The molecule has 0 spiro atoms. The average molecular weight is 1780 g/mol. The van der Waals surface area contributed by atoms with Crippen LogP contribution in [0, 0.1) is 6.92 Å². The van der Waals surface area contributed by atoms with Crippen molar-refractivity contribution in [3.8, 4) is 51.6 Å². The zero-order valence-electron chi connectivity index (χ0n) is 82.2. The van der Waals surface area contributed by atoms with E-state index in [0.717, 1.165) is 235 Å². The van der Waals surface area contributed by atoms with Crippen molar-refractivity contribution >= 4 is 245 Å². The van der Waals surface area contributed by atoms with Gasteiger partial charge in [-0.1, -0.05) is 340 Å². The predicted molar refractivity (Wildman–Crippen MR) is 579 cm³/mol. The molecule has 0 atom stereocenters. The first-order valence-electron chi connectivity index (χ1n) is 50.8. The number of hydrogen-bond acceptors (Lipinski definition) is 6. The number of benzene rings is 21. The van der Waals surface area contributed by atoms with E-state index in [1.54, 1.807) is 6.07 Å². The highest BCUT2D eigenvalue weighted by Crippen LogP contribution is 2.51. The molecule has 0 saturated heterocycles. The smallest absolute Gasteiger partial charge is 0.235 e. The largest absolute Gasteiger partial charge is 0.308 e. The number of hydrogen-bond donors (Lipinski definition) is 0. The van der Waals surface area contributed by atoms with Crippen molar-refractivity contribution in [2.75, 3.05) is 0 Å². The van der Waals surface area contributed by atoms with Crippen LogP contribution in [0.25, 0.3) is 296 Å². The molecule has 12 nitrogen and oxygen atoms in total. The maximum absolute atomic E-state index is 9.67. The van der Waals surface area contributed by atoms with Gasteiger partial charge in [-0.05, 0) is 136 Å². The fourth-order valence-corrected chi connectivity index (χ4v) is 23.4. The van der Waals surface area contributed by atoms with Gasteiger partial charge in [0.1, 0.15) is 0 Å². The molecule has 139 heavy (non-hydrogen) atoms. The standard InChI is InChI=1S/C43H26N4.2C42H24N4/c1-25-23-36-39-37(24-25)47(43-44-40(27-12-3-2-4-13-27)33-22-21-26-11-5-6-14-28(26)41(33)45-43)35-20-10-16-30(38(35)39)32-18-9-17-31-29-15-7-8-19-34(29)46(36)42(31)32;2*1-2-12-26(13-3-1)39-32-24-23-25-11-4-5-14-27(25)40(32)44-42(43-39)46-34-20-9-16-29-31-18-8-17-30-28-15-6-7-19-33(28)45(41(30)31)35-21-10-22-36(46)38(35)37(29)34/h2-24H,1H3;2*1-24H/i10D,20D,23D,24D;20D,22D;15D,17D. The molecule has 12 heterocycles. The summed E-state index contributed by atoms with van der Waals surface area (Å²) >= 11 is 0. The van der Waals surface area contributed by atoms with E-state index in [4.69, 9.17) is 32.6 Å². The average Bonchev–Trinajstić information content (AvgIpc) is 1.46. The Morgan fingerprint density at radius 2 is 0.496 bits per heavy atom. The molecule has 21 aromatic carbocycles. The van der Waals surface area contributed by atoms with Crippen LogP contribution in [-0.2, 0) is 0 Å². The van der Waals surface area contributed by atoms with Crippen LogP contribution in [0.15, 0.2) is 431 Å². The number of para-hydroxylation sites is 6. The minimum Gasteiger partial charge on any atom is -0.308 e. The molecule has 12 heteroatoms. The van der Waals surface area contributed by atoms with Crippen LogP contribution in [0.5, 0.6) is 0 Å². The fraction of sp³-hybridized carbons (Fsp3) is 0.00787. The highest BCUT2D eigenvalue weighted by atomic mass is 15.2. The number of fused-ring (bicyclic) bond motifs is 24. The Balaban J connectivity index is 0.0000001000. The van der Waals surface area contributed by atoms with Crippen LogP contribution < -0.4 is 0 Å². The van der Waals surface area contributed by atoms with Crippen molar-refractivity contribution < 1.29 is 11.0 Å². The number of nitrogens with zero attached hydrogens (tertiary/aromatic N) is 12. The summed E-state index contributed by atoms with van der Waals surface area (Å²) in [5, 5.41) is 26.9. The zero-order chi connectivity index (χ0) is 97.6. The molecule has 0 aliphatic rings. The topological polar surface area (TPSA) is 105 Å². The van der Waals surface area contributed by atoms with Crippen molar-refractivity contribution in [2.45, 2.75) is 6.92 Å². The summed E-state index contributed by atoms with van der Waals surface area (Å²) in [4.78, 5) is 31.9. The molecule has 0 amide bonds. The second-order valence-electron chi connectivity index (χ2n) is 36.3. The maximum atomic E-state index is 9.67. The van der Waals surface area contributed by atoms with Gasteiger partial charge in [-0.3, -0.25) is 13.7 Å². The Labute approximate surface area is 802 Å². The van der Waals surface area contributed by atoms with Crippen LogP contribution >= 0.6 is 0 Å². The second-order valence-corrected chi connectivity index (χ2v) is 36.3. The lowest BCUT2D eigenvalue weighted by molar-refractivity contribution is 1.01. The monoisotopic (exact) mass is 1770 g/mol. The third kappa shape index (κ3) is 10.5. The molecular weight excluding hydrogens is 1690 g/mol. The highest BCUT2D eigenvalue weighted by molar-refractivity contribution is 6.35. The molecule has 0 radical (unpaired) electrons. The molecule has 0 N–H and O–H groups in total. The number of aromatic nitrogens is 12. The van der Waals surface area contributed by atoms with E-state index in [9.17, 15) is 8.22 Å². The summed E-state index contributed by atoms with van der Waals surface area (Å²) in [5.74, 6) is 1.38. The maximum Gasteiger partial charge on any atom is 0.235 e. The minimum atomic E-state index is 0.0194. The molecule has 33 rings (SSSR count). The first-order valence-corrected chi connectivity index (χ1v) is 46.8. The lowest BCUT2D eigenvalue weighted by atomic mass is 10.0. The summed E-state index contributed by atoms with van der Waals surface area (Å²) in [6.45, 7) is 1.82. The lowest BCUT2D eigenvalue weighted by Crippen LogP contribution is -2.04. The minimum absolute atomic E-state index is 0.0194. The molecule has 0 bridgehead atoms. The number of rotatable bonds is 6. The Morgan fingerprint density at radius 1 is 0.187 bits per heavy atom. The van der Waals surface area contributed by atoms with Gasteiger partial charge in [0, 0.05) is 130 Å². The molecule has 0 saturated carbocycles. The summed E-state index contributed by atoms with van der Waals surface area (Å²) in [5.41, 5.74) is 21.5. The van der Waals surface area contributed by atoms with Gasteiger partial charge in [-0.25, -0.2) is 29.9 Å². The Kier molecular flexibility index (Phi) is 14.1. The Morgan fingerprint density at radius 3 is 1.03 bits per heavy atom. The van der Waals surface area contributed by atoms with Crippen molar-refractivity contribution in [3.63, 3.8) is 0 Å². The van der Waals surface area contributed by atoms with E-state index in [2.05, 4.69) is 266 Å². The van der Waals surface area contributed by atoms with E-state index >= 15 is 0 Å². The molecule has 0 aliphatic carbocycles. The van der Waals surface area contributed by atoms with Gasteiger partial charge in [-0.2, -0.15) is 0 Å². The molecule has 0 fully saturated rings. The van der Waals surface area contributed by atoms with Crippen molar-refractivity contribution in [3.05, 3.63) is 436 Å². The van der Waals surface area contributed by atoms with Gasteiger partial charge in [-0.15, -0.1) is 0 Å². The first kappa shape index (κ1) is 68.3. The predicted octanol–water partition coefficient (Wildman–Crippen LogP) is 32.4. The van der Waals surface area contributed by atoms with Gasteiger partial charge >= 0.3 is 0 Å². The normalized spacial score (nSPS) is 13.2. The van der Waals surface area contributed by atoms with Crippen LogP contribution in [0.3, 0.4) is 0 Å². The summed E-state index contributed by atoms with van der Waals surface area (Å²) in [7, 11) is 0.